The Labute approximate surface area is 169 Å². The van der Waals surface area contributed by atoms with Crippen molar-refractivity contribution in [2.45, 2.75) is 51.0 Å². The van der Waals surface area contributed by atoms with E-state index < -0.39 is 15.6 Å². The van der Waals surface area contributed by atoms with Gasteiger partial charge in [-0.05, 0) is 44.7 Å². The van der Waals surface area contributed by atoms with Crippen LogP contribution in [-0.2, 0) is 14.8 Å². The van der Waals surface area contributed by atoms with Gasteiger partial charge in [-0.15, -0.1) is 12.4 Å². The summed E-state index contributed by atoms with van der Waals surface area (Å²) in [5, 5.41) is 3.07. The number of carbonyl (C=O) groups is 1. The second kappa shape index (κ2) is 9.37. The van der Waals surface area contributed by atoms with Gasteiger partial charge in [-0.2, -0.15) is 4.31 Å². The van der Waals surface area contributed by atoms with Crippen LogP contribution in [0.15, 0.2) is 29.2 Å². The van der Waals surface area contributed by atoms with Crippen LogP contribution in [0.4, 0.5) is 0 Å². The molecule has 0 radical (unpaired) electrons. The van der Waals surface area contributed by atoms with Crippen molar-refractivity contribution in [3.05, 3.63) is 29.8 Å². The van der Waals surface area contributed by atoms with Crippen molar-refractivity contribution >= 4 is 28.3 Å². The van der Waals surface area contributed by atoms with Gasteiger partial charge in [-0.25, -0.2) is 8.42 Å². The van der Waals surface area contributed by atoms with Crippen LogP contribution in [0.5, 0.6) is 0 Å². The Balaban J connectivity index is 0.00000364. The summed E-state index contributed by atoms with van der Waals surface area (Å²) in [6, 6.07) is 6.87. The van der Waals surface area contributed by atoms with E-state index in [9.17, 15) is 13.2 Å². The number of sulfonamides is 1. The number of benzene rings is 1. The third kappa shape index (κ3) is 5.44. The highest BCUT2D eigenvalue weighted by Gasteiger charge is 2.35. The molecule has 1 unspecified atom stereocenters. The summed E-state index contributed by atoms with van der Waals surface area (Å²) < 4.78 is 27.0. The first-order valence-corrected chi connectivity index (χ1v) is 10.6. The van der Waals surface area contributed by atoms with Crippen molar-refractivity contribution in [1.29, 1.82) is 0 Å². The van der Waals surface area contributed by atoms with E-state index in [1.54, 1.807) is 24.3 Å². The topological polar surface area (TPSA) is 92.5 Å². The molecule has 8 heteroatoms. The Morgan fingerprint density at radius 3 is 2.22 bits per heavy atom. The van der Waals surface area contributed by atoms with Crippen molar-refractivity contribution in [3.8, 4) is 0 Å². The zero-order valence-corrected chi connectivity index (χ0v) is 18.2. The smallest absolute Gasteiger partial charge is 0.243 e. The molecule has 1 aliphatic rings. The monoisotopic (exact) mass is 417 g/mol. The second-order valence-corrected chi connectivity index (χ2v) is 9.69. The largest absolute Gasteiger partial charge is 0.349 e. The summed E-state index contributed by atoms with van der Waals surface area (Å²) in [6.45, 7) is 9.02. The predicted octanol–water partition coefficient (Wildman–Crippen LogP) is 2.31. The molecule has 0 saturated carbocycles. The average molecular weight is 418 g/mol. The van der Waals surface area contributed by atoms with Gasteiger partial charge in [-0.1, -0.05) is 31.5 Å². The van der Waals surface area contributed by atoms with Crippen LogP contribution in [-0.4, -0.2) is 43.8 Å². The number of piperidine rings is 1. The summed E-state index contributed by atoms with van der Waals surface area (Å²) in [7, 11) is -3.50. The molecule has 1 aliphatic heterocycles. The number of nitrogens with one attached hydrogen (secondary N) is 1. The highest BCUT2D eigenvalue weighted by atomic mass is 35.5. The molecule has 1 aromatic carbocycles. The van der Waals surface area contributed by atoms with Gasteiger partial charge in [0.25, 0.3) is 0 Å². The Morgan fingerprint density at radius 1 is 1.26 bits per heavy atom. The first-order chi connectivity index (χ1) is 12.1. The van der Waals surface area contributed by atoms with Crippen molar-refractivity contribution < 1.29 is 13.2 Å². The number of aryl methyl sites for hydroxylation is 1. The number of rotatable bonds is 6. The van der Waals surface area contributed by atoms with Gasteiger partial charge >= 0.3 is 0 Å². The number of halogens is 1. The lowest BCUT2D eigenvalue weighted by Crippen LogP contribution is -2.57. The Hall–Kier alpha value is -1.15. The first kappa shape index (κ1) is 23.9. The normalized spacial score (nSPS) is 18.6. The van der Waals surface area contributed by atoms with Gasteiger partial charge in [0.2, 0.25) is 15.9 Å². The minimum absolute atomic E-state index is 0. The molecule has 6 nitrogen and oxygen atoms in total. The molecule has 1 saturated heterocycles. The fraction of sp³-hybridized carbons (Fsp3) is 0.632. The van der Waals surface area contributed by atoms with Gasteiger partial charge < -0.3 is 11.1 Å². The van der Waals surface area contributed by atoms with Gasteiger partial charge in [0, 0.05) is 25.6 Å². The van der Waals surface area contributed by atoms with E-state index in [2.05, 4.69) is 5.32 Å². The highest BCUT2D eigenvalue weighted by molar-refractivity contribution is 7.89. The molecule has 1 fully saturated rings. The van der Waals surface area contributed by atoms with E-state index in [0.29, 0.717) is 37.4 Å². The first-order valence-electron chi connectivity index (χ1n) is 9.19. The Kier molecular flexibility index (Phi) is 8.29. The maximum atomic E-state index is 12.7. The minimum Gasteiger partial charge on any atom is -0.349 e. The summed E-state index contributed by atoms with van der Waals surface area (Å²) in [5.74, 6) is 0.0154. The van der Waals surface area contributed by atoms with E-state index in [4.69, 9.17) is 5.73 Å². The summed E-state index contributed by atoms with van der Waals surface area (Å²) in [4.78, 5) is 12.9. The van der Waals surface area contributed by atoms with Gasteiger partial charge in [0.1, 0.15) is 0 Å². The third-order valence-electron chi connectivity index (χ3n) is 5.59. The maximum Gasteiger partial charge on any atom is 0.243 e. The molecule has 1 atom stereocenters. The van der Waals surface area contributed by atoms with E-state index in [-0.39, 0.29) is 30.2 Å². The molecule has 0 bridgehead atoms. The van der Waals surface area contributed by atoms with E-state index >= 15 is 0 Å². The molecule has 3 N–H and O–H groups in total. The van der Waals surface area contributed by atoms with Crippen LogP contribution in [0.1, 0.15) is 39.2 Å². The SMILES string of the molecule is Cc1ccc(S(=O)(=O)N2CCC(C(=O)NC(C)(CN)C(C)C)CC2)cc1.Cl. The van der Waals surface area contributed by atoms with Crippen molar-refractivity contribution in [2.24, 2.45) is 17.6 Å². The van der Waals surface area contributed by atoms with Crippen LogP contribution >= 0.6 is 12.4 Å². The standard InChI is InChI=1S/C19H31N3O3S.ClH/c1-14(2)19(4,13-20)21-18(23)16-9-11-22(12-10-16)26(24,25)17-7-5-15(3)6-8-17;/h5-8,14,16H,9-13,20H2,1-4H3,(H,21,23);1H. The van der Waals surface area contributed by atoms with E-state index in [1.807, 2.05) is 27.7 Å². The van der Waals surface area contributed by atoms with Gasteiger partial charge in [0.15, 0.2) is 0 Å². The molecule has 1 amide bonds. The van der Waals surface area contributed by atoms with E-state index in [1.165, 1.54) is 4.31 Å². The van der Waals surface area contributed by atoms with Gasteiger partial charge in [-0.3, -0.25) is 4.79 Å². The van der Waals surface area contributed by atoms with Crippen LogP contribution < -0.4 is 11.1 Å². The number of nitrogens with two attached hydrogens (primary N) is 1. The average Bonchev–Trinajstić information content (AvgIpc) is 2.61. The molecule has 0 aliphatic carbocycles. The molecule has 154 valence electrons. The minimum atomic E-state index is -3.50. The number of nitrogens with zero attached hydrogens (tertiary/aromatic N) is 1. The molecule has 27 heavy (non-hydrogen) atoms. The Bertz CT molecular complexity index is 729. The number of hydrogen-bond acceptors (Lipinski definition) is 4. The third-order valence-corrected chi connectivity index (χ3v) is 7.50. The van der Waals surface area contributed by atoms with E-state index in [0.717, 1.165) is 5.56 Å². The fourth-order valence-corrected chi connectivity index (χ4v) is 4.50. The van der Waals surface area contributed by atoms with Gasteiger partial charge in [0.05, 0.1) is 10.4 Å². The molecule has 1 aromatic rings. The lowest BCUT2D eigenvalue weighted by Gasteiger charge is -2.37. The highest BCUT2D eigenvalue weighted by Crippen LogP contribution is 2.25. The molecule has 0 aromatic heterocycles. The Morgan fingerprint density at radius 2 is 1.78 bits per heavy atom. The second-order valence-electron chi connectivity index (χ2n) is 7.76. The molecule has 2 rings (SSSR count). The maximum absolute atomic E-state index is 12.7. The van der Waals surface area contributed by atoms with Crippen molar-refractivity contribution in [1.82, 2.24) is 9.62 Å². The predicted molar refractivity (Wildman–Crippen MR) is 110 cm³/mol. The zero-order chi connectivity index (χ0) is 19.5. The lowest BCUT2D eigenvalue weighted by atomic mass is 9.87. The van der Waals surface area contributed by atoms with Crippen LogP contribution in [0.25, 0.3) is 0 Å². The van der Waals surface area contributed by atoms with Crippen LogP contribution in [0.3, 0.4) is 0 Å². The molecule has 1 heterocycles. The lowest BCUT2D eigenvalue weighted by molar-refractivity contribution is -0.128. The van der Waals surface area contributed by atoms with Crippen LogP contribution in [0.2, 0.25) is 0 Å². The number of carbonyl (C=O) groups excluding carboxylic acids is 1. The molecular weight excluding hydrogens is 386 g/mol. The zero-order valence-electron chi connectivity index (χ0n) is 16.6. The van der Waals surface area contributed by atoms with Crippen molar-refractivity contribution in [2.75, 3.05) is 19.6 Å². The van der Waals surface area contributed by atoms with Crippen LogP contribution in [0, 0.1) is 18.8 Å². The molecular formula is C19H32ClN3O3S. The number of hydrogen-bond donors (Lipinski definition) is 2. The summed E-state index contributed by atoms with van der Waals surface area (Å²) in [6.07, 6.45) is 1.05. The quantitative estimate of drug-likeness (QED) is 0.742. The van der Waals surface area contributed by atoms with Crippen molar-refractivity contribution in [3.63, 3.8) is 0 Å². The summed E-state index contributed by atoms with van der Waals surface area (Å²) in [5.41, 5.74) is 6.42. The number of amides is 1. The fourth-order valence-electron chi connectivity index (χ4n) is 3.03. The molecule has 0 spiro atoms. The summed E-state index contributed by atoms with van der Waals surface area (Å²) >= 11 is 0.